The number of halogens is 1. The van der Waals surface area contributed by atoms with Crippen LogP contribution in [0.4, 0.5) is 0 Å². The highest BCUT2D eigenvalue weighted by molar-refractivity contribution is 9.10. The highest BCUT2D eigenvalue weighted by Gasteiger charge is 2.30. The number of nitrogens with one attached hydrogen (secondary N) is 1. The van der Waals surface area contributed by atoms with Crippen LogP contribution in [0.2, 0.25) is 0 Å². The summed E-state index contributed by atoms with van der Waals surface area (Å²) < 4.78 is 1.20. The number of benzene rings is 1. The van der Waals surface area contributed by atoms with Gasteiger partial charge in [-0.05, 0) is 42.4 Å². The number of aryl methyl sites for hydroxylation is 1. The fourth-order valence-electron chi connectivity index (χ4n) is 2.28. The molecule has 1 fully saturated rings. The molecule has 2 heteroatoms. The molecule has 88 valence electrons. The number of rotatable bonds is 4. The van der Waals surface area contributed by atoms with Gasteiger partial charge in [0.05, 0.1) is 0 Å². The number of hydrogen-bond acceptors (Lipinski definition) is 1. The Hall–Kier alpha value is -0.340. The van der Waals surface area contributed by atoms with Crippen molar-refractivity contribution in [3.8, 4) is 0 Å². The van der Waals surface area contributed by atoms with Crippen molar-refractivity contribution < 1.29 is 0 Å². The highest BCUT2D eigenvalue weighted by atomic mass is 79.9. The smallest absolute Gasteiger partial charge is 0.0205 e. The SMILES string of the molecule is Cc1cc(CNCC2(C)CCC2)ccc1Br. The van der Waals surface area contributed by atoms with Crippen molar-refractivity contribution in [1.29, 1.82) is 0 Å². The maximum Gasteiger partial charge on any atom is 0.0205 e. The van der Waals surface area contributed by atoms with Gasteiger partial charge in [0, 0.05) is 17.6 Å². The Morgan fingerprint density at radius 1 is 1.38 bits per heavy atom. The average molecular weight is 282 g/mol. The molecule has 0 amide bonds. The summed E-state index contributed by atoms with van der Waals surface area (Å²) >= 11 is 3.53. The molecule has 1 aliphatic rings. The molecule has 1 aliphatic carbocycles. The first-order valence-electron chi connectivity index (χ1n) is 6.05. The Morgan fingerprint density at radius 3 is 2.69 bits per heavy atom. The van der Waals surface area contributed by atoms with Crippen molar-refractivity contribution in [2.45, 2.75) is 39.7 Å². The number of hydrogen-bond donors (Lipinski definition) is 1. The molecule has 16 heavy (non-hydrogen) atoms. The summed E-state index contributed by atoms with van der Waals surface area (Å²) in [4.78, 5) is 0. The van der Waals surface area contributed by atoms with Crippen LogP contribution < -0.4 is 5.32 Å². The van der Waals surface area contributed by atoms with E-state index in [1.54, 1.807) is 0 Å². The molecule has 1 aromatic rings. The molecule has 1 aromatic carbocycles. The van der Waals surface area contributed by atoms with E-state index < -0.39 is 0 Å². The quantitative estimate of drug-likeness (QED) is 0.879. The fourth-order valence-corrected chi connectivity index (χ4v) is 2.53. The molecule has 0 unspecified atom stereocenters. The van der Waals surface area contributed by atoms with E-state index >= 15 is 0 Å². The second-order valence-electron chi connectivity index (χ2n) is 5.35. The van der Waals surface area contributed by atoms with Crippen LogP contribution in [0, 0.1) is 12.3 Å². The molecular weight excluding hydrogens is 262 g/mol. The minimum Gasteiger partial charge on any atom is -0.312 e. The molecule has 0 saturated heterocycles. The Bertz CT molecular complexity index is 369. The lowest BCUT2D eigenvalue weighted by atomic mass is 9.70. The zero-order valence-electron chi connectivity index (χ0n) is 10.1. The molecule has 2 rings (SSSR count). The van der Waals surface area contributed by atoms with Gasteiger partial charge in [0.15, 0.2) is 0 Å². The van der Waals surface area contributed by atoms with E-state index in [0.717, 1.165) is 13.1 Å². The summed E-state index contributed by atoms with van der Waals surface area (Å²) in [6.45, 7) is 6.67. The van der Waals surface area contributed by atoms with Crippen LogP contribution in [0.25, 0.3) is 0 Å². The Labute approximate surface area is 107 Å². The largest absolute Gasteiger partial charge is 0.312 e. The molecule has 0 radical (unpaired) electrons. The second kappa shape index (κ2) is 4.89. The van der Waals surface area contributed by atoms with Crippen LogP contribution in [0.1, 0.15) is 37.3 Å². The van der Waals surface area contributed by atoms with Gasteiger partial charge < -0.3 is 5.32 Å². The fraction of sp³-hybridized carbons (Fsp3) is 0.571. The van der Waals surface area contributed by atoms with Gasteiger partial charge in [0.1, 0.15) is 0 Å². The molecule has 0 aromatic heterocycles. The van der Waals surface area contributed by atoms with Crippen LogP contribution in [-0.4, -0.2) is 6.54 Å². The van der Waals surface area contributed by atoms with Crippen LogP contribution in [-0.2, 0) is 6.54 Å². The minimum atomic E-state index is 0.574. The van der Waals surface area contributed by atoms with E-state index in [1.807, 2.05) is 0 Å². The lowest BCUT2D eigenvalue weighted by molar-refractivity contribution is 0.156. The van der Waals surface area contributed by atoms with Crippen molar-refractivity contribution in [3.05, 3.63) is 33.8 Å². The normalized spacial score (nSPS) is 18.2. The topological polar surface area (TPSA) is 12.0 Å². The van der Waals surface area contributed by atoms with Gasteiger partial charge in [0.2, 0.25) is 0 Å². The van der Waals surface area contributed by atoms with E-state index in [4.69, 9.17) is 0 Å². The van der Waals surface area contributed by atoms with E-state index in [0.29, 0.717) is 5.41 Å². The van der Waals surface area contributed by atoms with E-state index in [9.17, 15) is 0 Å². The predicted octanol–water partition coefficient (Wildman–Crippen LogP) is 4.04. The van der Waals surface area contributed by atoms with Crippen LogP contribution in [0.15, 0.2) is 22.7 Å². The molecule has 0 bridgehead atoms. The first-order chi connectivity index (χ1) is 7.59. The zero-order chi connectivity index (χ0) is 11.6. The first-order valence-corrected chi connectivity index (χ1v) is 6.84. The molecule has 0 heterocycles. The van der Waals surface area contributed by atoms with E-state index in [2.05, 4.69) is 53.3 Å². The lowest BCUT2D eigenvalue weighted by Crippen LogP contribution is -2.36. The maximum atomic E-state index is 3.58. The van der Waals surface area contributed by atoms with Gasteiger partial charge >= 0.3 is 0 Å². The summed E-state index contributed by atoms with van der Waals surface area (Å²) in [6.07, 6.45) is 4.19. The van der Waals surface area contributed by atoms with Gasteiger partial charge in [-0.3, -0.25) is 0 Å². The van der Waals surface area contributed by atoms with Gasteiger partial charge in [-0.25, -0.2) is 0 Å². The van der Waals surface area contributed by atoms with Crippen molar-refractivity contribution in [2.24, 2.45) is 5.41 Å². The summed E-state index contributed by atoms with van der Waals surface area (Å²) in [5.41, 5.74) is 3.27. The standard InChI is InChI=1S/C14H20BrN/c1-11-8-12(4-5-13(11)15)9-16-10-14(2)6-3-7-14/h4-5,8,16H,3,6-7,9-10H2,1-2H3. The molecule has 0 aliphatic heterocycles. The predicted molar refractivity (Wildman–Crippen MR) is 72.5 cm³/mol. The Balaban J connectivity index is 1.83. The monoisotopic (exact) mass is 281 g/mol. The molecule has 0 atom stereocenters. The average Bonchev–Trinajstić information content (AvgIpc) is 2.21. The van der Waals surface area contributed by atoms with Gasteiger partial charge in [0.25, 0.3) is 0 Å². The second-order valence-corrected chi connectivity index (χ2v) is 6.21. The van der Waals surface area contributed by atoms with Crippen molar-refractivity contribution >= 4 is 15.9 Å². The van der Waals surface area contributed by atoms with Gasteiger partial charge in [-0.2, -0.15) is 0 Å². The molecule has 1 saturated carbocycles. The Morgan fingerprint density at radius 2 is 2.12 bits per heavy atom. The molecular formula is C14H20BrN. The third kappa shape index (κ3) is 2.86. The highest BCUT2D eigenvalue weighted by Crippen LogP contribution is 2.39. The zero-order valence-corrected chi connectivity index (χ0v) is 11.7. The summed E-state index contributed by atoms with van der Waals surface area (Å²) in [5.74, 6) is 0. The van der Waals surface area contributed by atoms with Gasteiger partial charge in [-0.15, -0.1) is 0 Å². The van der Waals surface area contributed by atoms with Crippen LogP contribution >= 0.6 is 15.9 Å². The van der Waals surface area contributed by atoms with Crippen molar-refractivity contribution in [1.82, 2.24) is 5.32 Å². The third-order valence-corrected chi connectivity index (χ3v) is 4.55. The first kappa shape index (κ1) is 12.1. The third-order valence-electron chi connectivity index (χ3n) is 3.66. The molecule has 1 N–H and O–H groups in total. The van der Waals surface area contributed by atoms with E-state index in [-0.39, 0.29) is 0 Å². The van der Waals surface area contributed by atoms with Gasteiger partial charge in [-0.1, -0.05) is 41.4 Å². The van der Waals surface area contributed by atoms with Crippen LogP contribution in [0.3, 0.4) is 0 Å². The Kier molecular flexibility index (Phi) is 3.70. The minimum absolute atomic E-state index is 0.574. The summed E-state index contributed by atoms with van der Waals surface area (Å²) in [6, 6.07) is 6.57. The van der Waals surface area contributed by atoms with Crippen molar-refractivity contribution in [2.75, 3.05) is 6.54 Å². The van der Waals surface area contributed by atoms with E-state index in [1.165, 1.54) is 34.9 Å². The summed E-state index contributed by atoms with van der Waals surface area (Å²) in [7, 11) is 0. The molecule has 0 spiro atoms. The van der Waals surface area contributed by atoms with Crippen molar-refractivity contribution in [3.63, 3.8) is 0 Å². The lowest BCUT2D eigenvalue weighted by Gasteiger charge is -2.38. The summed E-state index contributed by atoms with van der Waals surface area (Å²) in [5, 5.41) is 3.58. The van der Waals surface area contributed by atoms with Crippen LogP contribution in [0.5, 0.6) is 0 Å². The molecule has 1 nitrogen and oxygen atoms in total. The maximum absolute atomic E-state index is 3.58.